The van der Waals surface area contributed by atoms with E-state index in [2.05, 4.69) is 4.72 Å². The largest absolute Gasteiger partial charge is 0.492 e. The molecular formula is C15H15Cl2NO3S. The summed E-state index contributed by atoms with van der Waals surface area (Å²) < 4.78 is 32.1. The fraction of sp³-hybridized carbons (Fsp3) is 0.200. The van der Waals surface area contributed by atoms with Crippen LogP contribution in [-0.4, -0.2) is 21.6 Å². The normalized spacial score (nSPS) is 11.4. The number of sulfonamides is 1. The SMILES string of the molecule is Cc1cc(OCCNS(=O)(=O)c2ccccc2Cl)ccc1Cl. The van der Waals surface area contributed by atoms with E-state index in [-0.39, 0.29) is 23.1 Å². The van der Waals surface area contributed by atoms with Crippen molar-refractivity contribution >= 4 is 33.2 Å². The maximum Gasteiger partial charge on any atom is 0.242 e. The molecule has 2 rings (SSSR count). The standard InChI is InChI=1S/C15H15Cl2NO3S/c1-11-10-12(6-7-13(11)16)21-9-8-18-22(19,20)15-5-3-2-4-14(15)17/h2-7,10,18H,8-9H2,1H3. The number of nitrogens with one attached hydrogen (secondary N) is 1. The van der Waals surface area contributed by atoms with Crippen molar-refractivity contribution < 1.29 is 13.2 Å². The van der Waals surface area contributed by atoms with Crippen LogP contribution >= 0.6 is 23.2 Å². The van der Waals surface area contributed by atoms with Gasteiger partial charge >= 0.3 is 0 Å². The molecule has 0 radical (unpaired) electrons. The molecule has 2 aromatic carbocycles. The van der Waals surface area contributed by atoms with Crippen LogP contribution in [0.1, 0.15) is 5.56 Å². The monoisotopic (exact) mass is 359 g/mol. The fourth-order valence-corrected chi connectivity index (χ4v) is 3.44. The molecule has 7 heteroatoms. The highest BCUT2D eigenvalue weighted by molar-refractivity contribution is 7.89. The molecule has 118 valence electrons. The van der Waals surface area contributed by atoms with Gasteiger partial charge in [0.05, 0.1) is 5.02 Å². The van der Waals surface area contributed by atoms with Gasteiger partial charge in [-0.1, -0.05) is 35.3 Å². The highest BCUT2D eigenvalue weighted by Gasteiger charge is 2.16. The summed E-state index contributed by atoms with van der Waals surface area (Å²) >= 11 is 11.8. The maximum atomic E-state index is 12.1. The zero-order chi connectivity index (χ0) is 16.2. The van der Waals surface area contributed by atoms with Crippen molar-refractivity contribution in [2.45, 2.75) is 11.8 Å². The number of hydrogen-bond acceptors (Lipinski definition) is 3. The Morgan fingerprint density at radius 1 is 1.09 bits per heavy atom. The third kappa shape index (κ3) is 4.36. The van der Waals surface area contributed by atoms with E-state index < -0.39 is 10.0 Å². The van der Waals surface area contributed by atoms with Crippen LogP contribution in [0.25, 0.3) is 0 Å². The third-order valence-electron chi connectivity index (χ3n) is 2.92. The van der Waals surface area contributed by atoms with E-state index in [1.807, 2.05) is 6.92 Å². The molecule has 0 aliphatic carbocycles. The van der Waals surface area contributed by atoms with Gasteiger partial charge in [-0.05, 0) is 42.8 Å². The first-order valence-electron chi connectivity index (χ1n) is 6.53. The minimum atomic E-state index is -3.64. The third-order valence-corrected chi connectivity index (χ3v) is 5.30. The average molecular weight is 360 g/mol. The van der Waals surface area contributed by atoms with E-state index in [1.54, 1.807) is 30.3 Å². The topological polar surface area (TPSA) is 55.4 Å². The Balaban J connectivity index is 1.91. The summed E-state index contributed by atoms with van der Waals surface area (Å²) in [7, 11) is -3.64. The van der Waals surface area contributed by atoms with Gasteiger partial charge in [0.25, 0.3) is 0 Å². The van der Waals surface area contributed by atoms with Crippen LogP contribution in [0.3, 0.4) is 0 Å². The molecule has 0 unspecified atom stereocenters. The Kier molecular flexibility index (Phi) is 5.69. The lowest BCUT2D eigenvalue weighted by molar-refractivity contribution is 0.322. The summed E-state index contributed by atoms with van der Waals surface area (Å²) in [6, 6.07) is 11.5. The molecule has 0 bridgehead atoms. The lowest BCUT2D eigenvalue weighted by Gasteiger charge is -2.10. The average Bonchev–Trinajstić information content (AvgIpc) is 2.47. The summed E-state index contributed by atoms with van der Waals surface area (Å²) in [4.78, 5) is 0.0546. The molecule has 4 nitrogen and oxygen atoms in total. The molecule has 0 aliphatic heterocycles. The molecule has 1 N–H and O–H groups in total. The first-order chi connectivity index (χ1) is 10.4. The second-order valence-electron chi connectivity index (χ2n) is 4.59. The zero-order valence-electron chi connectivity index (χ0n) is 11.8. The fourth-order valence-electron chi connectivity index (χ4n) is 1.79. The summed E-state index contributed by atoms with van der Waals surface area (Å²) in [5.41, 5.74) is 0.899. The number of halogens is 2. The van der Waals surface area contributed by atoms with Gasteiger partial charge in [0.2, 0.25) is 10.0 Å². The van der Waals surface area contributed by atoms with E-state index in [4.69, 9.17) is 27.9 Å². The van der Waals surface area contributed by atoms with E-state index >= 15 is 0 Å². The Bertz CT molecular complexity index is 763. The Hall–Kier alpha value is -1.27. The summed E-state index contributed by atoms with van der Waals surface area (Å²) in [6.45, 7) is 2.20. The lowest BCUT2D eigenvalue weighted by atomic mass is 10.2. The predicted molar refractivity (Wildman–Crippen MR) is 88.3 cm³/mol. The summed E-state index contributed by atoms with van der Waals surface area (Å²) in [6.07, 6.45) is 0. The highest BCUT2D eigenvalue weighted by atomic mass is 35.5. The van der Waals surface area contributed by atoms with E-state index in [0.29, 0.717) is 10.8 Å². The first kappa shape index (κ1) is 17.1. The molecule has 0 atom stereocenters. The highest BCUT2D eigenvalue weighted by Crippen LogP contribution is 2.21. The van der Waals surface area contributed by atoms with E-state index in [9.17, 15) is 8.42 Å². The number of ether oxygens (including phenoxy) is 1. The Morgan fingerprint density at radius 2 is 1.82 bits per heavy atom. The van der Waals surface area contributed by atoms with Gasteiger partial charge in [-0.2, -0.15) is 0 Å². The molecular weight excluding hydrogens is 345 g/mol. The minimum absolute atomic E-state index is 0.0546. The summed E-state index contributed by atoms with van der Waals surface area (Å²) in [5, 5.41) is 0.844. The van der Waals surface area contributed by atoms with Gasteiger partial charge in [0, 0.05) is 11.6 Å². The van der Waals surface area contributed by atoms with Crippen molar-refractivity contribution in [1.29, 1.82) is 0 Å². The van der Waals surface area contributed by atoms with Crippen LogP contribution < -0.4 is 9.46 Å². The maximum absolute atomic E-state index is 12.1. The van der Waals surface area contributed by atoms with Crippen molar-refractivity contribution in [3.05, 3.63) is 58.1 Å². The second-order valence-corrected chi connectivity index (χ2v) is 7.14. The molecule has 0 saturated heterocycles. The van der Waals surface area contributed by atoms with Gasteiger partial charge in [-0.3, -0.25) is 0 Å². The smallest absolute Gasteiger partial charge is 0.242 e. The van der Waals surface area contributed by atoms with Crippen molar-refractivity contribution in [1.82, 2.24) is 4.72 Å². The zero-order valence-corrected chi connectivity index (χ0v) is 14.2. The van der Waals surface area contributed by atoms with Crippen molar-refractivity contribution in [3.63, 3.8) is 0 Å². The van der Waals surface area contributed by atoms with Gasteiger partial charge < -0.3 is 4.74 Å². The van der Waals surface area contributed by atoms with Gasteiger partial charge in [0.15, 0.2) is 0 Å². The van der Waals surface area contributed by atoms with E-state index in [1.165, 1.54) is 12.1 Å². The second kappa shape index (κ2) is 7.33. The minimum Gasteiger partial charge on any atom is -0.492 e. The quantitative estimate of drug-likeness (QED) is 0.800. The van der Waals surface area contributed by atoms with Crippen molar-refractivity contribution in [2.24, 2.45) is 0 Å². The molecule has 22 heavy (non-hydrogen) atoms. The first-order valence-corrected chi connectivity index (χ1v) is 8.77. The molecule has 0 heterocycles. The van der Waals surface area contributed by atoms with Crippen LogP contribution in [0.2, 0.25) is 10.0 Å². The van der Waals surface area contributed by atoms with Gasteiger partial charge in [-0.25, -0.2) is 13.1 Å². The molecule has 0 aromatic heterocycles. The molecule has 0 spiro atoms. The van der Waals surface area contributed by atoms with Crippen LogP contribution in [-0.2, 0) is 10.0 Å². The van der Waals surface area contributed by atoms with Crippen LogP contribution in [0, 0.1) is 6.92 Å². The number of aryl methyl sites for hydroxylation is 1. The van der Waals surface area contributed by atoms with Gasteiger partial charge in [0.1, 0.15) is 17.3 Å². The Morgan fingerprint density at radius 3 is 2.50 bits per heavy atom. The number of benzene rings is 2. The number of rotatable bonds is 6. The Labute approximate surface area is 140 Å². The molecule has 2 aromatic rings. The lowest BCUT2D eigenvalue weighted by Crippen LogP contribution is -2.28. The van der Waals surface area contributed by atoms with Gasteiger partial charge in [-0.15, -0.1) is 0 Å². The summed E-state index contributed by atoms with van der Waals surface area (Å²) in [5.74, 6) is 0.638. The molecule has 0 fully saturated rings. The molecule has 0 amide bonds. The van der Waals surface area contributed by atoms with Crippen molar-refractivity contribution in [2.75, 3.05) is 13.2 Å². The molecule has 0 aliphatic rings. The van der Waals surface area contributed by atoms with Crippen LogP contribution in [0.15, 0.2) is 47.4 Å². The number of hydrogen-bond donors (Lipinski definition) is 1. The van der Waals surface area contributed by atoms with Crippen LogP contribution in [0.4, 0.5) is 0 Å². The predicted octanol–water partition coefficient (Wildman–Crippen LogP) is 3.66. The van der Waals surface area contributed by atoms with Crippen LogP contribution in [0.5, 0.6) is 5.75 Å². The van der Waals surface area contributed by atoms with E-state index in [0.717, 1.165) is 5.56 Å². The molecule has 0 saturated carbocycles. The van der Waals surface area contributed by atoms with Crippen molar-refractivity contribution in [3.8, 4) is 5.75 Å².